The lowest BCUT2D eigenvalue weighted by atomic mass is 10.0. The summed E-state index contributed by atoms with van der Waals surface area (Å²) in [4.78, 5) is 5.84. The van der Waals surface area contributed by atoms with Gasteiger partial charge in [-0.2, -0.15) is 0 Å². The van der Waals surface area contributed by atoms with E-state index in [1.54, 1.807) is 11.3 Å². The van der Waals surface area contributed by atoms with E-state index in [0.717, 1.165) is 24.4 Å². The van der Waals surface area contributed by atoms with Crippen LogP contribution in [0.4, 0.5) is 0 Å². The van der Waals surface area contributed by atoms with Crippen LogP contribution in [0.15, 0.2) is 28.1 Å². The van der Waals surface area contributed by atoms with Crippen LogP contribution in [-0.2, 0) is 6.42 Å². The number of likely N-dealkylation sites (N-methyl/N-ethyl adjacent to an activating group) is 1. The summed E-state index contributed by atoms with van der Waals surface area (Å²) in [6, 6.07) is 6.83. The lowest BCUT2D eigenvalue weighted by molar-refractivity contribution is 0.551. The van der Waals surface area contributed by atoms with Gasteiger partial charge in [0.15, 0.2) is 0 Å². The fraction of sp³-hybridized carbons (Fsp3) is 0.400. The molecule has 0 aromatic carbocycles. The summed E-state index contributed by atoms with van der Waals surface area (Å²) in [5.41, 5.74) is 3.50. The van der Waals surface area contributed by atoms with E-state index in [0.29, 0.717) is 6.04 Å². The molecule has 0 spiro atoms. The third-order valence-electron chi connectivity index (χ3n) is 3.04. The highest BCUT2D eigenvalue weighted by molar-refractivity contribution is 9.10. The van der Waals surface area contributed by atoms with Crippen molar-refractivity contribution in [3.63, 3.8) is 0 Å². The van der Waals surface area contributed by atoms with Gasteiger partial charge in [0.1, 0.15) is 0 Å². The Bertz CT molecular complexity index is 531. The third kappa shape index (κ3) is 3.88. The van der Waals surface area contributed by atoms with E-state index < -0.39 is 0 Å². The summed E-state index contributed by atoms with van der Waals surface area (Å²) in [7, 11) is 0. The predicted molar refractivity (Wildman–Crippen MR) is 85.9 cm³/mol. The fourth-order valence-electron chi connectivity index (χ4n) is 2.28. The Balaban J connectivity index is 2.26. The smallest absolute Gasteiger partial charge is 0.0379 e. The maximum Gasteiger partial charge on any atom is 0.0379 e. The molecule has 1 unspecified atom stereocenters. The molecule has 0 aliphatic heterocycles. The summed E-state index contributed by atoms with van der Waals surface area (Å²) in [6.45, 7) is 7.23. The predicted octanol–water partition coefficient (Wildman–Crippen LogP) is 4.42. The molecule has 0 aliphatic carbocycles. The lowest BCUT2D eigenvalue weighted by Crippen LogP contribution is -2.23. The van der Waals surface area contributed by atoms with E-state index in [-0.39, 0.29) is 0 Å². The van der Waals surface area contributed by atoms with Crippen LogP contribution in [-0.4, -0.2) is 11.5 Å². The van der Waals surface area contributed by atoms with Crippen LogP contribution in [0.1, 0.15) is 34.8 Å². The molecule has 4 heteroatoms. The second-order valence-corrected chi connectivity index (χ2v) is 6.54. The monoisotopic (exact) mass is 338 g/mol. The molecule has 2 heterocycles. The number of thiophene rings is 1. The molecule has 2 rings (SSSR count). The number of pyridine rings is 1. The Kier molecular flexibility index (Phi) is 5.13. The zero-order valence-corrected chi connectivity index (χ0v) is 13.9. The van der Waals surface area contributed by atoms with Crippen molar-refractivity contribution in [1.82, 2.24) is 10.3 Å². The molecule has 0 amide bonds. The summed E-state index contributed by atoms with van der Waals surface area (Å²) in [6.07, 6.45) is 1.01. The maximum atomic E-state index is 4.46. The van der Waals surface area contributed by atoms with Crippen molar-refractivity contribution in [2.24, 2.45) is 0 Å². The number of nitrogens with zero attached hydrogens (tertiary/aromatic N) is 1. The van der Waals surface area contributed by atoms with Gasteiger partial charge in [-0.1, -0.05) is 6.92 Å². The van der Waals surface area contributed by atoms with E-state index in [9.17, 15) is 0 Å². The summed E-state index contributed by atoms with van der Waals surface area (Å²) in [5.74, 6) is 0. The highest BCUT2D eigenvalue weighted by Gasteiger charge is 2.14. The molecule has 0 aliphatic rings. The molecule has 2 aromatic rings. The highest BCUT2D eigenvalue weighted by atomic mass is 79.9. The maximum absolute atomic E-state index is 4.46. The minimum absolute atomic E-state index is 0.348. The largest absolute Gasteiger partial charge is 0.310 e. The Morgan fingerprint density at radius 1 is 1.32 bits per heavy atom. The molecular formula is C15H19BrN2S. The van der Waals surface area contributed by atoms with Gasteiger partial charge in [0.05, 0.1) is 0 Å². The highest BCUT2D eigenvalue weighted by Crippen LogP contribution is 2.28. The first-order valence-corrected chi connectivity index (χ1v) is 8.18. The fourth-order valence-corrected chi connectivity index (χ4v) is 3.84. The Labute approximate surface area is 127 Å². The molecule has 0 radical (unpaired) electrons. The van der Waals surface area contributed by atoms with E-state index in [1.165, 1.54) is 14.9 Å². The van der Waals surface area contributed by atoms with Gasteiger partial charge in [0.25, 0.3) is 0 Å². The zero-order valence-electron chi connectivity index (χ0n) is 11.5. The number of nitrogens with one attached hydrogen (secondary N) is 1. The number of halogens is 1. The van der Waals surface area contributed by atoms with Crippen molar-refractivity contribution in [3.05, 3.63) is 49.9 Å². The van der Waals surface area contributed by atoms with Gasteiger partial charge < -0.3 is 5.32 Å². The Morgan fingerprint density at radius 3 is 2.53 bits per heavy atom. The van der Waals surface area contributed by atoms with Crippen LogP contribution >= 0.6 is 27.3 Å². The summed E-state index contributed by atoms with van der Waals surface area (Å²) >= 11 is 5.42. The van der Waals surface area contributed by atoms with Crippen LogP contribution in [0.5, 0.6) is 0 Å². The van der Waals surface area contributed by atoms with Gasteiger partial charge in [0, 0.05) is 33.2 Å². The van der Waals surface area contributed by atoms with E-state index >= 15 is 0 Å². The van der Waals surface area contributed by atoms with E-state index in [1.807, 2.05) is 0 Å². The third-order valence-corrected chi connectivity index (χ3v) is 4.99. The summed E-state index contributed by atoms with van der Waals surface area (Å²) < 4.78 is 1.21. The second-order valence-electron chi connectivity index (χ2n) is 4.69. The van der Waals surface area contributed by atoms with E-state index in [2.05, 4.69) is 70.6 Å². The number of hydrogen-bond donors (Lipinski definition) is 1. The average molecular weight is 339 g/mol. The lowest BCUT2D eigenvalue weighted by Gasteiger charge is -2.19. The van der Waals surface area contributed by atoms with Gasteiger partial charge in [-0.3, -0.25) is 4.98 Å². The molecule has 0 saturated carbocycles. The van der Waals surface area contributed by atoms with Crippen molar-refractivity contribution in [2.45, 2.75) is 33.2 Å². The van der Waals surface area contributed by atoms with Gasteiger partial charge >= 0.3 is 0 Å². The minimum atomic E-state index is 0.348. The van der Waals surface area contributed by atoms with Crippen molar-refractivity contribution in [1.29, 1.82) is 0 Å². The van der Waals surface area contributed by atoms with Crippen molar-refractivity contribution < 1.29 is 0 Å². The van der Waals surface area contributed by atoms with Gasteiger partial charge in [0.2, 0.25) is 0 Å². The molecule has 2 aromatic heterocycles. The standard InChI is InChI=1S/C15H19BrN2S/c1-4-17-14(9-15-13(16)5-6-19-15)12-7-10(2)18-11(3)8-12/h5-8,14,17H,4,9H2,1-3H3. The van der Waals surface area contributed by atoms with Crippen LogP contribution in [0, 0.1) is 13.8 Å². The van der Waals surface area contributed by atoms with Crippen molar-refractivity contribution in [3.8, 4) is 0 Å². The van der Waals surface area contributed by atoms with Crippen LogP contribution in [0.25, 0.3) is 0 Å². The number of aryl methyl sites for hydroxylation is 2. The summed E-state index contributed by atoms with van der Waals surface area (Å²) in [5, 5.41) is 5.71. The van der Waals surface area contributed by atoms with Crippen molar-refractivity contribution in [2.75, 3.05) is 6.54 Å². The molecule has 0 saturated heterocycles. The second kappa shape index (κ2) is 6.64. The molecule has 102 valence electrons. The molecule has 0 bridgehead atoms. The quantitative estimate of drug-likeness (QED) is 0.872. The Hall–Kier alpha value is -0.710. The van der Waals surface area contributed by atoms with Gasteiger partial charge in [-0.05, 0) is 65.5 Å². The minimum Gasteiger partial charge on any atom is -0.310 e. The van der Waals surface area contributed by atoms with Crippen LogP contribution < -0.4 is 5.32 Å². The van der Waals surface area contributed by atoms with Crippen molar-refractivity contribution >= 4 is 27.3 Å². The van der Waals surface area contributed by atoms with Gasteiger partial charge in [-0.15, -0.1) is 11.3 Å². The van der Waals surface area contributed by atoms with Gasteiger partial charge in [-0.25, -0.2) is 0 Å². The number of rotatable bonds is 5. The first kappa shape index (κ1) is 14.7. The average Bonchev–Trinajstić information content (AvgIpc) is 2.73. The normalized spacial score (nSPS) is 12.6. The zero-order chi connectivity index (χ0) is 13.8. The van der Waals surface area contributed by atoms with Crippen LogP contribution in [0.2, 0.25) is 0 Å². The molecule has 1 N–H and O–H groups in total. The first-order valence-electron chi connectivity index (χ1n) is 6.50. The number of hydrogen-bond acceptors (Lipinski definition) is 3. The topological polar surface area (TPSA) is 24.9 Å². The molecule has 2 nitrogen and oxygen atoms in total. The van der Waals surface area contributed by atoms with E-state index in [4.69, 9.17) is 0 Å². The SMILES string of the molecule is CCNC(Cc1sccc1Br)c1cc(C)nc(C)c1. The number of aromatic nitrogens is 1. The Morgan fingerprint density at radius 2 is 2.00 bits per heavy atom. The molecule has 0 fully saturated rings. The molecular weight excluding hydrogens is 320 g/mol. The molecule has 19 heavy (non-hydrogen) atoms. The molecule has 1 atom stereocenters. The first-order chi connectivity index (χ1) is 9.10. The van der Waals surface area contributed by atoms with Crippen LogP contribution in [0.3, 0.4) is 0 Å².